The minimum absolute atomic E-state index is 0.0125. The number of aromatic nitrogens is 2. The van der Waals surface area contributed by atoms with E-state index in [0.717, 1.165) is 35.2 Å². The van der Waals surface area contributed by atoms with Crippen molar-refractivity contribution in [1.29, 1.82) is 0 Å². The summed E-state index contributed by atoms with van der Waals surface area (Å²) in [5, 5.41) is 17.7. The number of hydrogen-bond acceptors (Lipinski definition) is 7. The molecule has 0 bridgehead atoms. The van der Waals surface area contributed by atoms with Crippen LogP contribution in [0.15, 0.2) is 83.7 Å². The third-order valence-electron chi connectivity index (χ3n) is 8.23. The maximum atomic E-state index is 13.6. The number of aliphatic hydroxyl groups excluding tert-OH is 1. The molecule has 0 radical (unpaired) electrons. The van der Waals surface area contributed by atoms with E-state index in [1.54, 1.807) is 35.4 Å². The van der Waals surface area contributed by atoms with Crippen LogP contribution < -0.4 is 10.6 Å². The molecule has 1 aliphatic heterocycles. The third kappa shape index (κ3) is 8.23. The van der Waals surface area contributed by atoms with Crippen LogP contribution in [-0.4, -0.2) is 57.0 Å². The van der Waals surface area contributed by atoms with Crippen LogP contribution in [-0.2, 0) is 18.4 Å². The minimum atomic E-state index is -0.868. The highest BCUT2D eigenvalue weighted by Gasteiger charge is 2.34. The summed E-state index contributed by atoms with van der Waals surface area (Å²) in [5.41, 5.74) is 4.70. The van der Waals surface area contributed by atoms with E-state index >= 15 is 0 Å². The van der Waals surface area contributed by atoms with E-state index in [1.165, 1.54) is 0 Å². The molecule has 3 atom stereocenters. The van der Waals surface area contributed by atoms with Crippen molar-refractivity contribution in [2.24, 2.45) is 0 Å². The number of oxazole rings is 1. The Kier molecular flexibility index (Phi) is 10.1. The molecule has 2 aromatic heterocycles. The highest BCUT2D eigenvalue weighted by atomic mass is 16.3. The molecule has 45 heavy (non-hydrogen) atoms. The van der Waals surface area contributed by atoms with Gasteiger partial charge in [0.25, 0.3) is 11.8 Å². The van der Waals surface area contributed by atoms with E-state index in [4.69, 9.17) is 4.42 Å². The molecule has 4 aromatic rings. The average Bonchev–Trinajstić information content (AvgIpc) is 3.70. The predicted octanol–water partition coefficient (Wildman–Crippen LogP) is 5.14. The predicted molar refractivity (Wildman–Crippen MR) is 173 cm³/mol. The summed E-state index contributed by atoms with van der Waals surface area (Å²) < 4.78 is 5.61. The van der Waals surface area contributed by atoms with Crippen molar-refractivity contribution in [3.8, 4) is 0 Å². The Hall–Kier alpha value is -4.34. The highest BCUT2D eigenvalue weighted by molar-refractivity contribution is 6.00. The Morgan fingerprint density at radius 3 is 2.56 bits per heavy atom. The second-order valence-corrected chi connectivity index (χ2v) is 12.9. The van der Waals surface area contributed by atoms with E-state index in [1.807, 2.05) is 49.6 Å². The van der Waals surface area contributed by atoms with E-state index in [9.17, 15) is 14.7 Å². The first-order chi connectivity index (χ1) is 21.6. The van der Waals surface area contributed by atoms with Gasteiger partial charge in [-0.2, -0.15) is 0 Å². The quantitative estimate of drug-likeness (QED) is 0.215. The molecule has 0 spiro atoms. The molecule has 0 unspecified atom stereocenters. The fourth-order valence-corrected chi connectivity index (χ4v) is 5.66. The van der Waals surface area contributed by atoms with Gasteiger partial charge in [-0.05, 0) is 66.5 Å². The first-order valence-corrected chi connectivity index (χ1v) is 15.6. The SMILES string of the molecule is Cc1coc([C@H]2CCCN2C(=O)c2cccc(C(=O)N[C@@H](Cc3ccccc3)[C@H](O)CNCc3cncc(C(C)(C)C)c3)c2)n1. The van der Waals surface area contributed by atoms with Crippen molar-refractivity contribution in [3.63, 3.8) is 0 Å². The van der Waals surface area contributed by atoms with Gasteiger partial charge in [0.2, 0.25) is 5.89 Å². The van der Waals surface area contributed by atoms with Crippen molar-refractivity contribution in [2.45, 2.75) is 77.1 Å². The smallest absolute Gasteiger partial charge is 0.254 e. The zero-order valence-corrected chi connectivity index (χ0v) is 26.5. The van der Waals surface area contributed by atoms with Gasteiger partial charge >= 0.3 is 0 Å². The number of hydrogen-bond donors (Lipinski definition) is 3. The van der Waals surface area contributed by atoms with Gasteiger partial charge in [-0.25, -0.2) is 4.98 Å². The van der Waals surface area contributed by atoms with Crippen LogP contribution >= 0.6 is 0 Å². The fourth-order valence-electron chi connectivity index (χ4n) is 5.66. The van der Waals surface area contributed by atoms with Crippen molar-refractivity contribution < 1.29 is 19.1 Å². The number of likely N-dealkylation sites (tertiary alicyclic amines) is 1. The number of amides is 2. The molecule has 9 nitrogen and oxygen atoms in total. The summed E-state index contributed by atoms with van der Waals surface area (Å²) in [4.78, 5) is 37.7. The van der Waals surface area contributed by atoms with Gasteiger partial charge in [0.05, 0.1) is 17.8 Å². The van der Waals surface area contributed by atoms with Crippen LogP contribution in [0.4, 0.5) is 0 Å². The summed E-state index contributed by atoms with van der Waals surface area (Å²) in [6, 6.07) is 17.8. The zero-order valence-electron chi connectivity index (χ0n) is 26.5. The lowest BCUT2D eigenvalue weighted by Gasteiger charge is -2.25. The first kappa shape index (κ1) is 32.1. The molecule has 1 fully saturated rings. The second-order valence-electron chi connectivity index (χ2n) is 12.9. The molecular weight excluding hydrogens is 566 g/mol. The Labute approximate surface area is 265 Å². The number of nitrogens with one attached hydrogen (secondary N) is 2. The molecule has 236 valence electrons. The Morgan fingerprint density at radius 2 is 1.82 bits per heavy atom. The molecule has 1 aliphatic rings. The van der Waals surface area contributed by atoms with Crippen LogP contribution in [0.3, 0.4) is 0 Å². The van der Waals surface area contributed by atoms with Gasteiger partial charge in [0.1, 0.15) is 12.3 Å². The summed E-state index contributed by atoms with van der Waals surface area (Å²) in [7, 11) is 0. The molecule has 0 aliphatic carbocycles. The maximum Gasteiger partial charge on any atom is 0.254 e. The Morgan fingerprint density at radius 1 is 1.04 bits per heavy atom. The van der Waals surface area contributed by atoms with Gasteiger partial charge in [0.15, 0.2) is 0 Å². The van der Waals surface area contributed by atoms with Crippen LogP contribution in [0.2, 0.25) is 0 Å². The summed E-state index contributed by atoms with van der Waals surface area (Å²) in [6.07, 6.45) is 6.50. The Bertz CT molecular complexity index is 1600. The maximum absolute atomic E-state index is 13.6. The first-order valence-electron chi connectivity index (χ1n) is 15.6. The summed E-state index contributed by atoms with van der Waals surface area (Å²) in [6.45, 7) is 9.70. The number of carbonyl (C=O) groups is 2. The van der Waals surface area contributed by atoms with Crippen LogP contribution in [0, 0.1) is 6.92 Å². The number of aliphatic hydroxyl groups is 1. The lowest BCUT2D eigenvalue weighted by atomic mass is 9.88. The van der Waals surface area contributed by atoms with Gasteiger partial charge < -0.3 is 25.1 Å². The topological polar surface area (TPSA) is 121 Å². The second kappa shape index (κ2) is 14.2. The standard InChI is InChI=1S/C36H43N5O4/c1-24-23-45-34(39-24)31-14-9-15-41(31)35(44)28-13-8-12-27(18-28)33(43)40-30(17-25-10-6-5-7-11-25)32(42)22-38-20-26-16-29(21-37-19-26)36(2,3)4/h5-8,10-13,16,18-19,21,23,30-32,38,42H,9,14-15,17,20,22H2,1-4H3,(H,40,43)/t30-,31+,32+/m0/s1. The van der Waals surface area contributed by atoms with Crippen molar-refractivity contribution in [1.82, 2.24) is 25.5 Å². The fraction of sp³-hybridized carbons (Fsp3) is 0.389. The molecule has 1 saturated heterocycles. The van der Waals surface area contributed by atoms with Crippen molar-refractivity contribution in [2.75, 3.05) is 13.1 Å². The van der Waals surface area contributed by atoms with E-state index in [2.05, 4.69) is 47.4 Å². The number of aryl methyl sites for hydroxylation is 1. The van der Waals surface area contributed by atoms with Crippen LogP contribution in [0.1, 0.15) is 88.6 Å². The van der Waals surface area contributed by atoms with Crippen molar-refractivity contribution in [3.05, 3.63) is 119 Å². The van der Waals surface area contributed by atoms with E-state index < -0.39 is 12.1 Å². The van der Waals surface area contributed by atoms with Gasteiger partial charge in [-0.1, -0.05) is 63.2 Å². The number of nitrogens with zero attached hydrogens (tertiary/aromatic N) is 3. The number of benzene rings is 2. The molecule has 0 saturated carbocycles. The molecule has 9 heteroatoms. The lowest BCUT2D eigenvalue weighted by Crippen LogP contribution is -2.48. The monoisotopic (exact) mass is 609 g/mol. The van der Waals surface area contributed by atoms with Crippen molar-refractivity contribution >= 4 is 11.8 Å². The molecule has 3 N–H and O–H groups in total. The zero-order chi connectivity index (χ0) is 32.0. The van der Waals surface area contributed by atoms with Gasteiger partial charge in [-0.15, -0.1) is 0 Å². The van der Waals surface area contributed by atoms with E-state index in [0.29, 0.717) is 36.5 Å². The molecular formula is C36H43N5O4. The van der Waals surface area contributed by atoms with Gasteiger partial charge in [-0.3, -0.25) is 14.6 Å². The largest absolute Gasteiger partial charge is 0.446 e. The summed E-state index contributed by atoms with van der Waals surface area (Å²) in [5.74, 6) is 0.0165. The number of pyridine rings is 1. The van der Waals surface area contributed by atoms with Crippen LogP contribution in [0.25, 0.3) is 0 Å². The van der Waals surface area contributed by atoms with E-state index in [-0.39, 0.29) is 29.8 Å². The highest BCUT2D eigenvalue weighted by Crippen LogP contribution is 2.32. The molecule has 2 amide bonds. The normalized spacial score (nSPS) is 16.4. The number of rotatable bonds is 11. The Balaban J connectivity index is 1.26. The van der Waals surface area contributed by atoms with Gasteiger partial charge in [0, 0.05) is 43.2 Å². The molecule has 2 aromatic carbocycles. The molecule has 5 rings (SSSR count). The third-order valence-corrected chi connectivity index (χ3v) is 8.23. The van der Waals surface area contributed by atoms with Crippen LogP contribution in [0.5, 0.6) is 0 Å². The average molecular weight is 610 g/mol. The summed E-state index contributed by atoms with van der Waals surface area (Å²) >= 11 is 0. The number of carbonyl (C=O) groups excluding carboxylic acids is 2. The minimum Gasteiger partial charge on any atom is -0.446 e. The molecule has 3 heterocycles. The lowest BCUT2D eigenvalue weighted by molar-refractivity contribution is 0.0715.